The zero-order chi connectivity index (χ0) is 15.7. The molecule has 4 heteroatoms. The minimum absolute atomic E-state index is 0.0323. The maximum atomic E-state index is 12.9. The lowest BCUT2D eigenvalue weighted by Crippen LogP contribution is -2.44. The van der Waals surface area contributed by atoms with E-state index in [9.17, 15) is 4.79 Å². The van der Waals surface area contributed by atoms with Crippen molar-refractivity contribution in [2.24, 2.45) is 0 Å². The predicted octanol–water partition coefficient (Wildman–Crippen LogP) is 3.43. The number of amides is 1. The molecule has 21 heavy (non-hydrogen) atoms. The Morgan fingerprint density at radius 3 is 2.48 bits per heavy atom. The molecule has 1 aliphatic rings. The maximum Gasteiger partial charge on any atom is 0.244 e. The summed E-state index contributed by atoms with van der Waals surface area (Å²) < 4.78 is 0.0450. The molecule has 1 heterocycles. The highest BCUT2D eigenvalue weighted by atomic mass is 32.2. The van der Waals surface area contributed by atoms with Crippen LogP contribution in [-0.2, 0) is 4.79 Å². The molecule has 0 spiro atoms. The highest BCUT2D eigenvalue weighted by Gasteiger charge is 2.48. The second-order valence-electron chi connectivity index (χ2n) is 6.54. The van der Waals surface area contributed by atoms with Gasteiger partial charge in [0.05, 0.1) is 5.54 Å². The van der Waals surface area contributed by atoms with Crippen molar-refractivity contribution in [3.8, 4) is 0 Å². The predicted molar refractivity (Wildman–Crippen MR) is 90.3 cm³/mol. The van der Waals surface area contributed by atoms with Gasteiger partial charge in [0.1, 0.15) is 6.17 Å². The Balaban J connectivity index is 2.34. The molecule has 0 saturated carbocycles. The summed E-state index contributed by atoms with van der Waals surface area (Å²) in [4.78, 5) is 14.9. The number of carbonyl (C=O) groups excluding carboxylic acids is 1. The van der Waals surface area contributed by atoms with Gasteiger partial charge >= 0.3 is 0 Å². The Morgan fingerprint density at radius 1 is 1.33 bits per heavy atom. The molecule has 1 aromatic rings. The molecule has 1 fully saturated rings. The van der Waals surface area contributed by atoms with Gasteiger partial charge < -0.3 is 4.90 Å². The van der Waals surface area contributed by atoms with Crippen LogP contribution in [-0.4, -0.2) is 33.9 Å². The van der Waals surface area contributed by atoms with E-state index in [4.69, 9.17) is 0 Å². The van der Waals surface area contributed by atoms with E-state index in [0.29, 0.717) is 0 Å². The summed E-state index contributed by atoms with van der Waals surface area (Å²) in [5, 5.41) is 3.55. The third-order valence-corrected chi connectivity index (χ3v) is 5.66. The van der Waals surface area contributed by atoms with Crippen LogP contribution in [0.4, 0.5) is 0 Å². The number of benzene rings is 1. The average Bonchev–Trinajstić information content (AvgIpc) is 2.73. The van der Waals surface area contributed by atoms with E-state index in [1.165, 1.54) is 0 Å². The fourth-order valence-electron chi connectivity index (χ4n) is 2.67. The third-order valence-electron chi connectivity index (χ3n) is 4.43. The molecule has 2 rings (SSSR count). The molecular weight excluding hydrogens is 280 g/mol. The summed E-state index contributed by atoms with van der Waals surface area (Å²) in [5.74, 6) is 0.209. The molecule has 3 nitrogen and oxygen atoms in total. The SMILES string of the molecule is CCC1(C)NC(c2ccccc2)N(CC(C)(C)SC)C1=O. The number of nitrogens with zero attached hydrogens (tertiary/aromatic N) is 1. The van der Waals surface area contributed by atoms with Gasteiger partial charge in [0, 0.05) is 11.3 Å². The molecule has 1 N–H and O–H groups in total. The molecule has 116 valence electrons. The van der Waals surface area contributed by atoms with Crippen LogP contribution in [0.1, 0.15) is 45.8 Å². The van der Waals surface area contributed by atoms with Crippen LogP contribution in [0.5, 0.6) is 0 Å². The van der Waals surface area contributed by atoms with Crippen LogP contribution in [0.2, 0.25) is 0 Å². The first-order valence-corrected chi connectivity index (χ1v) is 8.74. The standard InChI is InChI=1S/C17H26N2OS/c1-6-17(4)15(20)19(12-16(2,3)21-5)14(18-17)13-10-8-7-9-11-13/h7-11,14,18H,6,12H2,1-5H3. The van der Waals surface area contributed by atoms with Crippen molar-refractivity contribution in [1.82, 2.24) is 10.2 Å². The van der Waals surface area contributed by atoms with Crippen LogP contribution in [0.15, 0.2) is 30.3 Å². The highest BCUT2D eigenvalue weighted by molar-refractivity contribution is 7.99. The van der Waals surface area contributed by atoms with Gasteiger partial charge in [-0.2, -0.15) is 11.8 Å². The normalized spacial score (nSPS) is 26.4. The van der Waals surface area contributed by atoms with E-state index < -0.39 is 5.54 Å². The molecule has 0 bridgehead atoms. The van der Waals surface area contributed by atoms with E-state index >= 15 is 0 Å². The fourth-order valence-corrected chi connectivity index (χ4v) is 2.93. The van der Waals surface area contributed by atoms with Gasteiger partial charge in [0.2, 0.25) is 5.91 Å². The van der Waals surface area contributed by atoms with Gasteiger partial charge in [0.25, 0.3) is 0 Å². The molecule has 1 aromatic carbocycles. The number of rotatable bonds is 5. The number of nitrogens with one attached hydrogen (secondary N) is 1. The van der Waals surface area contributed by atoms with Crippen molar-refractivity contribution in [3.05, 3.63) is 35.9 Å². The van der Waals surface area contributed by atoms with Crippen LogP contribution in [0, 0.1) is 0 Å². The topological polar surface area (TPSA) is 32.3 Å². The number of thioether (sulfide) groups is 1. The minimum atomic E-state index is -0.463. The van der Waals surface area contributed by atoms with Crippen molar-refractivity contribution in [2.45, 2.75) is 50.6 Å². The Bertz CT molecular complexity index is 503. The second-order valence-corrected chi connectivity index (χ2v) is 8.05. The minimum Gasteiger partial charge on any atom is -0.320 e. The monoisotopic (exact) mass is 306 g/mol. The number of carbonyl (C=O) groups is 1. The Kier molecular flexibility index (Phi) is 4.69. The van der Waals surface area contributed by atoms with E-state index in [1.807, 2.05) is 30.0 Å². The average molecular weight is 306 g/mol. The molecule has 1 amide bonds. The zero-order valence-electron chi connectivity index (χ0n) is 13.6. The molecule has 2 unspecified atom stereocenters. The molecule has 0 aromatic heterocycles. The van der Waals surface area contributed by atoms with Crippen molar-refractivity contribution < 1.29 is 4.79 Å². The first kappa shape index (κ1) is 16.4. The molecule has 0 radical (unpaired) electrons. The Labute approximate surface area is 132 Å². The van der Waals surface area contributed by atoms with Crippen LogP contribution < -0.4 is 5.32 Å². The molecule has 1 aliphatic heterocycles. The molecule has 1 saturated heterocycles. The fraction of sp³-hybridized carbons (Fsp3) is 0.588. The molecular formula is C17H26N2OS. The number of hydrogen-bond donors (Lipinski definition) is 1. The lowest BCUT2D eigenvalue weighted by molar-refractivity contribution is -0.133. The van der Waals surface area contributed by atoms with Crippen molar-refractivity contribution in [1.29, 1.82) is 0 Å². The van der Waals surface area contributed by atoms with E-state index in [-0.39, 0.29) is 16.8 Å². The lowest BCUT2D eigenvalue weighted by atomic mass is 9.99. The van der Waals surface area contributed by atoms with Crippen LogP contribution in [0.3, 0.4) is 0 Å². The zero-order valence-corrected chi connectivity index (χ0v) is 14.5. The van der Waals surface area contributed by atoms with Gasteiger partial charge in [-0.1, -0.05) is 37.3 Å². The largest absolute Gasteiger partial charge is 0.320 e. The summed E-state index contributed by atoms with van der Waals surface area (Å²) in [6, 6.07) is 10.2. The Hall–Kier alpha value is -1.00. The quantitative estimate of drug-likeness (QED) is 0.904. The van der Waals surface area contributed by atoms with Crippen LogP contribution >= 0.6 is 11.8 Å². The number of hydrogen-bond acceptors (Lipinski definition) is 3. The van der Waals surface area contributed by atoms with Gasteiger partial charge in [-0.05, 0) is 39.0 Å². The summed E-state index contributed by atoms with van der Waals surface area (Å²) in [6.07, 6.45) is 2.87. The van der Waals surface area contributed by atoms with E-state index in [2.05, 4.69) is 44.5 Å². The van der Waals surface area contributed by atoms with Crippen molar-refractivity contribution in [2.75, 3.05) is 12.8 Å². The lowest BCUT2D eigenvalue weighted by Gasteiger charge is -2.32. The van der Waals surface area contributed by atoms with Gasteiger partial charge in [-0.25, -0.2) is 0 Å². The third kappa shape index (κ3) is 3.27. The summed E-state index contributed by atoms with van der Waals surface area (Å²) in [6.45, 7) is 9.20. The van der Waals surface area contributed by atoms with Crippen molar-refractivity contribution in [3.63, 3.8) is 0 Å². The summed E-state index contributed by atoms with van der Waals surface area (Å²) in [5.41, 5.74) is 0.689. The van der Waals surface area contributed by atoms with Gasteiger partial charge in [0.15, 0.2) is 0 Å². The van der Waals surface area contributed by atoms with Crippen LogP contribution in [0.25, 0.3) is 0 Å². The highest BCUT2D eigenvalue weighted by Crippen LogP contribution is 2.35. The smallest absolute Gasteiger partial charge is 0.244 e. The molecule has 2 atom stereocenters. The van der Waals surface area contributed by atoms with Gasteiger partial charge in [-0.3, -0.25) is 10.1 Å². The first-order valence-electron chi connectivity index (χ1n) is 7.52. The van der Waals surface area contributed by atoms with E-state index in [0.717, 1.165) is 18.5 Å². The summed E-state index contributed by atoms with van der Waals surface area (Å²) >= 11 is 1.80. The van der Waals surface area contributed by atoms with E-state index in [1.54, 1.807) is 11.8 Å². The Morgan fingerprint density at radius 2 is 1.95 bits per heavy atom. The first-order chi connectivity index (χ1) is 9.83. The van der Waals surface area contributed by atoms with Gasteiger partial charge in [-0.15, -0.1) is 0 Å². The second kappa shape index (κ2) is 6.01. The summed E-state index contributed by atoms with van der Waals surface area (Å²) in [7, 11) is 0. The van der Waals surface area contributed by atoms with Crippen molar-refractivity contribution >= 4 is 17.7 Å². The molecule has 0 aliphatic carbocycles. The maximum absolute atomic E-state index is 12.9.